The van der Waals surface area contributed by atoms with Gasteiger partial charge >= 0.3 is 0 Å². The van der Waals surface area contributed by atoms with Gasteiger partial charge in [-0.3, -0.25) is 0 Å². The van der Waals surface area contributed by atoms with Crippen molar-refractivity contribution >= 4 is 22.5 Å². The van der Waals surface area contributed by atoms with Crippen LogP contribution in [0.5, 0.6) is 0 Å². The molecule has 98 valence electrons. The van der Waals surface area contributed by atoms with Crippen molar-refractivity contribution in [2.45, 2.75) is 44.1 Å². The van der Waals surface area contributed by atoms with Crippen molar-refractivity contribution in [2.75, 3.05) is 11.4 Å². The van der Waals surface area contributed by atoms with Gasteiger partial charge in [-0.25, -0.2) is 4.98 Å². The van der Waals surface area contributed by atoms with Crippen LogP contribution in [-0.4, -0.2) is 33.0 Å². The number of rotatable bonds is 6. The molecule has 0 amide bonds. The minimum atomic E-state index is 0.271. The summed E-state index contributed by atoms with van der Waals surface area (Å²) in [5.41, 5.74) is 5.52. The van der Waals surface area contributed by atoms with Crippen LogP contribution in [0, 0.1) is 0 Å². The van der Waals surface area contributed by atoms with Crippen molar-refractivity contribution in [3.63, 3.8) is 0 Å². The summed E-state index contributed by atoms with van der Waals surface area (Å²) in [6.07, 6.45) is 5.42. The average molecular weight is 267 g/mol. The van der Waals surface area contributed by atoms with E-state index in [2.05, 4.69) is 19.4 Å². The maximum atomic E-state index is 8.58. The molecule has 0 radical (unpaired) electrons. The Morgan fingerprint density at radius 2 is 2.22 bits per heavy atom. The van der Waals surface area contributed by atoms with Gasteiger partial charge in [-0.15, -0.1) is 0 Å². The molecular formula is C11H17N5OS. The van der Waals surface area contributed by atoms with E-state index in [4.69, 9.17) is 10.9 Å². The molecular weight excluding hydrogens is 250 g/mol. The number of oxime groups is 1. The molecule has 3 N–H and O–H groups in total. The molecule has 0 aromatic carbocycles. The topological polar surface area (TPSA) is 87.6 Å². The molecule has 2 saturated carbocycles. The fourth-order valence-electron chi connectivity index (χ4n) is 1.96. The van der Waals surface area contributed by atoms with Crippen molar-refractivity contribution in [2.24, 2.45) is 10.9 Å². The molecule has 0 bridgehead atoms. The highest BCUT2D eigenvalue weighted by molar-refractivity contribution is 7.09. The summed E-state index contributed by atoms with van der Waals surface area (Å²) < 4.78 is 4.43. The molecule has 2 aliphatic rings. The number of hydrogen-bond donors (Lipinski definition) is 2. The van der Waals surface area contributed by atoms with Crippen molar-refractivity contribution in [3.8, 4) is 0 Å². The van der Waals surface area contributed by atoms with Crippen LogP contribution in [-0.2, 0) is 0 Å². The molecule has 0 saturated heterocycles. The van der Waals surface area contributed by atoms with E-state index in [1.807, 2.05) is 0 Å². The van der Waals surface area contributed by atoms with Crippen molar-refractivity contribution < 1.29 is 5.21 Å². The molecule has 7 heteroatoms. The van der Waals surface area contributed by atoms with Crippen LogP contribution < -0.4 is 10.6 Å². The van der Waals surface area contributed by atoms with E-state index in [-0.39, 0.29) is 5.84 Å². The Kier molecular flexibility index (Phi) is 3.07. The van der Waals surface area contributed by atoms with Crippen LogP contribution in [0.4, 0.5) is 5.13 Å². The summed E-state index contributed by atoms with van der Waals surface area (Å²) in [5, 5.41) is 12.6. The second kappa shape index (κ2) is 4.72. The van der Waals surface area contributed by atoms with Gasteiger partial charge in [-0.05, 0) is 25.7 Å². The largest absolute Gasteiger partial charge is 0.409 e. The molecule has 1 heterocycles. The molecule has 0 aliphatic heterocycles. The Balaban J connectivity index is 1.67. The lowest BCUT2D eigenvalue weighted by Gasteiger charge is -2.20. The van der Waals surface area contributed by atoms with Gasteiger partial charge in [0.1, 0.15) is 11.7 Å². The monoisotopic (exact) mass is 267 g/mol. The zero-order chi connectivity index (χ0) is 12.5. The highest BCUT2D eigenvalue weighted by Gasteiger charge is 2.33. The van der Waals surface area contributed by atoms with Crippen LogP contribution in [0.25, 0.3) is 0 Å². The summed E-state index contributed by atoms with van der Waals surface area (Å²) in [7, 11) is 0. The Morgan fingerprint density at radius 3 is 2.83 bits per heavy atom. The number of aromatic nitrogens is 2. The predicted octanol–water partition coefficient (Wildman–Crippen LogP) is 1.52. The highest BCUT2D eigenvalue weighted by atomic mass is 32.1. The summed E-state index contributed by atoms with van der Waals surface area (Å²) in [4.78, 5) is 6.88. The third-order valence-corrected chi connectivity index (χ3v) is 4.11. The third-order valence-electron chi connectivity index (χ3n) is 3.34. The van der Waals surface area contributed by atoms with Crippen molar-refractivity contribution in [1.82, 2.24) is 9.36 Å². The highest BCUT2D eigenvalue weighted by Crippen LogP contribution is 2.41. The van der Waals surface area contributed by atoms with Crippen molar-refractivity contribution in [3.05, 3.63) is 5.82 Å². The Labute approximate surface area is 110 Å². The number of nitrogens with two attached hydrogens (primary N) is 1. The minimum absolute atomic E-state index is 0.271. The Hall–Kier alpha value is -1.37. The van der Waals surface area contributed by atoms with E-state index in [9.17, 15) is 0 Å². The first kappa shape index (κ1) is 11.7. The lowest BCUT2D eigenvalue weighted by atomic mass is 10.3. The first-order valence-electron chi connectivity index (χ1n) is 6.34. The van der Waals surface area contributed by atoms with Crippen LogP contribution in [0.1, 0.15) is 43.8 Å². The van der Waals surface area contributed by atoms with Gasteiger partial charge in [0.15, 0.2) is 0 Å². The van der Waals surface area contributed by atoms with E-state index in [1.54, 1.807) is 0 Å². The molecule has 3 rings (SSSR count). The van der Waals surface area contributed by atoms with Gasteiger partial charge in [0.2, 0.25) is 5.13 Å². The van der Waals surface area contributed by atoms with E-state index in [0.717, 1.165) is 17.5 Å². The molecule has 6 nitrogen and oxygen atoms in total. The normalized spacial score (nSPS) is 20.1. The van der Waals surface area contributed by atoms with Crippen LogP contribution in [0.2, 0.25) is 0 Å². The Bertz CT molecular complexity index is 452. The second-order valence-electron chi connectivity index (χ2n) is 4.98. The zero-order valence-electron chi connectivity index (χ0n) is 10.1. The predicted molar refractivity (Wildman–Crippen MR) is 70.3 cm³/mol. The van der Waals surface area contributed by atoms with Gasteiger partial charge in [-0.2, -0.15) is 4.37 Å². The van der Waals surface area contributed by atoms with Gasteiger partial charge in [-0.1, -0.05) is 5.16 Å². The Morgan fingerprint density at radius 1 is 1.44 bits per heavy atom. The summed E-state index contributed by atoms with van der Waals surface area (Å²) in [6, 6.07) is 0.566. The number of anilines is 1. The maximum Gasteiger partial charge on any atom is 0.205 e. The first-order valence-corrected chi connectivity index (χ1v) is 7.12. The number of amidine groups is 1. The maximum absolute atomic E-state index is 8.58. The first-order chi connectivity index (χ1) is 8.78. The van der Waals surface area contributed by atoms with E-state index in [1.165, 1.54) is 37.2 Å². The number of hydrogen-bond acceptors (Lipinski definition) is 6. The van der Waals surface area contributed by atoms with E-state index >= 15 is 0 Å². The van der Waals surface area contributed by atoms with Crippen LogP contribution >= 0.6 is 11.5 Å². The van der Waals surface area contributed by atoms with Gasteiger partial charge in [0.25, 0.3) is 0 Å². The quantitative estimate of drug-likeness (QED) is 0.353. The van der Waals surface area contributed by atoms with Gasteiger partial charge in [0, 0.05) is 36.5 Å². The van der Waals surface area contributed by atoms with Gasteiger partial charge < -0.3 is 15.8 Å². The summed E-state index contributed by atoms with van der Waals surface area (Å²) in [5.74, 6) is 1.87. The molecule has 18 heavy (non-hydrogen) atoms. The van der Waals surface area contributed by atoms with Crippen molar-refractivity contribution in [1.29, 1.82) is 0 Å². The smallest absolute Gasteiger partial charge is 0.205 e. The van der Waals surface area contributed by atoms with Crippen LogP contribution in [0.3, 0.4) is 0 Å². The molecule has 0 atom stereocenters. The van der Waals surface area contributed by atoms with E-state index in [0.29, 0.717) is 18.4 Å². The SMILES string of the molecule is NC(CCN(c1nc(C2CC2)ns1)C1CC1)=NO. The van der Waals surface area contributed by atoms with E-state index < -0.39 is 0 Å². The number of nitrogens with zero attached hydrogens (tertiary/aromatic N) is 4. The summed E-state index contributed by atoms with van der Waals surface area (Å²) >= 11 is 1.48. The molecule has 2 fully saturated rings. The average Bonchev–Trinajstić information content (AvgIpc) is 3.29. The lowest BCUT2D eigenvalue weighted by molar-refractivity contribution is 0.317. The zero-order valence-corrected chi connectivity index (χ0v) is 10.9. The fraction of sp³-hybridized carbons (Fsp3) is 0.727. The molecule has 1 aromatic rings. The molecule has 0 unspecified atom stereocenters. The lowest BCUT2D eigenvalue weighted by Crippen LogP contribution is -2.30. The second-order valence-corrected chi connectivity index (χ2v) is 5.71. The molecule has 1 aromatic heterocycles. The fourth-order valence-corrected chi connectivity index (χ4v) is 2.80. The summed E-state index contributed by atoms with van der Waals surface area (Å²) in [6.45, 7) is 0.750. The third kappa shape index (κ3) is 2.55. The van der Waals surface area contributed by atoms with Crippen LogP contribution in [0.15, 0.2) is 5.16 Å². The van der Waals surface area contributed by atoms with Gasteiger partial charge in [0.05, 0.1) is 0 Å². The molecule has 0 spiro atoms. The minimum Gasteiger partial charge on any atom is -0.409 e. The molecule has 2 aliphatic carbocycles. The standard InChI is InChI=1S/C11H17N5OS/c12-9(14-17)5-6-16(8-3-4-8)11-13-10(15-18-11)7-1-2-7/h7-8,17H,1-6H2,(H2,12,14).